The van der Waals surface area contributed by atoms with E-state index in [2.05, 4.69) is 30.4 Å². The van der Waals surface area contributed by atoms with Crippen LogP contribution in [0.2, 0.25) is 10.0 Å². The minimum Gasteiger partial charge on any atom is -0.357 e. The lowest BCUT2D eigenvalue weighted by Gasteiger charge is -2.19. The van der Waals surface area contributed by atoms with Gasteiger partial charge in [-0.3, -0.25) is 0 Å². The first-order valence-corrected chi connectivity index (χ1v) is 9.74. The van der Waals surface area contributed by atoms with Crippen molar-refractivity contribution >= 4 is 53.1 Å². The van der Waals surface area contributed by atoms with E-state index in [0.717, 1.165) is 42.7 Å². The number of aliphatic imine (C=N–C) groups is 1. The number of hydrogen-bond donors (Lipinski definition) is 2. The monoisotopic (exact) mass is 522 g/mol. The summed E-state index contributed by atoms with van der Waals surface area (Å²) in [4.78, 5) is 4.68. The van der Waals surface area contributed by atoms with Crippen molar-refractivity contribution in [2.45, 2.75) is 52.2 Å². The van der Waals surface area contributed by atoms with E-state index in [-0.39, 0.29) is 30.0 Å². The Morgan fingerprint density at radius 3 is 2.85 bits per heavy atom. The maximum atomic E-state index is 6.32. The van der Waals surface area contributed by atoms with Gasteiger partial charge in [-0.1, -0.05) is 29.3 Å². The topological polar surface area (TPSA) is 67.1 Å². The van der Waals surface area contributed by atoms with Gasteiger partial charge in [-0.15, -0.1) is 34.2 Å². The fourth-order valence-electron chi connectivity index (χ4n) is 3.09. The summed E-state index contributed by atoms with van der Waals surface area (Å²) in [7, 11) is 0. The molecule has 2 aromatic rings. The van der Waals surface area contributed by atoms with Crippen molar-refractivity contribution in [1.82, 2.24) is 25.4 Å². The van der Waals surface area contributed by atoms with Crippen LogP contribution in [-0.2, 0) is 19.5 Å². The van der Waals surface area contributed by atoms with Crippen LogP contribution in [0.15, 0.2) is 23.2 Å². The predicted molar refractivity (Wildman–Crippen MR) is 121 cm³/mol. The molecule has 0 spiro atoms. The number of fused-ring (bicyclic) bond motifs is 1. The van der Waals surface area contributed by atoms with Gasteiger partial charge in [0.25, 0.3) is 0 Å². The summed E-state index contributed by atoms with van der Waals surface area (Å²) in [5.74, 6) is 2.70. The smallest absolute Gasteiger partial charge is 0.192 e. The van der Waals surface area contributed by atoms with Gasteiger partial charge in [-0.2, -0.15) is 0 Å². The van der Waals surface area contributed by atoms with E-state index in [1.165, 1.54) is 12.8 Å². The number of guanidine groups is 1. The fourth-order valence-corrected chi connectivity index (χ4v) is 3.66. The zero-order valence-electron chi connectivity index (χ0n) is 15.5. The number of nitrogens with one attached hydrogen (secondary N) is 2. The molecular weight excluding hydrogens is 498 g/mol. The molecule has 1 atom stereocenters. The molecule has 0 aliphatic carbocycles. The highest BCUT2D eigenvalue weighted by Gasteiger charge is 2.16. The first-order chi connectivity index (χ1) is 12.6. The van der Waals surface area contributed by atoms with Crippen molar-refractivity contribution in [2.24, 2.45) is 4.99 Å². The summed E-state index contributed by atoms with van der Waals surface area (Å²) in [5, 5.41) is 16.5. The number of halogens is 3. The van der Waals surface area contributed by atoms with Crippen molar-refractivity contribution in [2.75, 3.05) is 6.54 Å². The van der Waals surface area contributed by atoms with Crippen molar-refractivity contribution in [1.29, 1.82) is 0 Å². The van der Waals surface area contributed by atoms with Crippen LogP contribution in [0.25, 0.3) is 0 Å². The minimum absolute atomic E-state index is 0. The molecule has 2 N–H and O–H groups in total. The third-order valence-electron chi connectivity index (χ3n) is 4.44. The van der Waals surface area contributed by atoms with Gasteiger partial charge in [-0.05, 0) is 44.4 Å². The van der Waals surface area contributed by atoms with Crippen molar-refractivity contribution < 1.29 is 0 Å². The molecule has 0 bridgehead atoms. The van der Waals surface area contributed by atoms with Gasteiger partial charge in [0, 0.05) is 29.6 Å². The molecule has 0 saturated carbocycles. The van der Waals surface area contributed by atoms with Gasteiger partial charge in [0.1, 0.15) is 12.4 Å². The van der Waals surface area contributed by atoms with Crippen molar-refractivity contribution in [3.05, 3.63) is 45.5 Å². The van der Waals surface area contributed by atoms with Crippen LogP contribution in [0, 0.1) is 0 Å². The van der Waals surface area contributed by atoms with E-state index in [1.54, 1.807) is 6.07 Å². The lowest BCUT2D eigenvalue weighted by Crippen LogP contribution is -2.38. The summed E-state index contributed by atoms with van der Waals surface area (Å²) in [6.07, 6.45) is 3.36. The molecule has 1 aromatic carbocycles. The third kappa shape index (κ3) is 5.71. The van der Waals surface area contributed by atoms with Crippen LogP contribution < -0.4 is 10.6 Å². The Labute approximate surface area is 187 Å². The SMILES string of the molecule is CCNC(=NCc1nnc2n1CCCC2)NC(C)c1ccc(Cl)cc1Cl.I. The quantitative estimate of drug-likeness (QED) is 0.348. The fraction of sp³-hybridized carbons (Fsp3) is 0.500. The summed E-state index contributed by atoms with van der Waals surface area (Å²) < 4.78 is 2.19. The molecule has 1 aliphatic rings. The summed E-state index contributed by atoms with van der Waals surface area (Å²) in [5.41, 5.74) is 0.974. The Kier molecular flexibility index (Phi) is 8.62. The van der Waals surface area contributed by atoms with Crippen LogP contribution in [-0.4, -0.2) is 27.3 Å². The number of rotatable bonds is 5. The van der Waals surface area contributed by atoms with Gasteiger partial charge in [0.2, 0.25) is 0 Å². The maximum absolute atomic E-state index is 6.32. The lowest BCUT2D eigenvalue weighted by molar-refractivity contribution is 0.508. The normalized spacial score (nSPS) is 14.9. The van der Waals surface area contributed by atoms with Gasteiger partial charge in [-0.25, -0.2) is 4.99 Å². The Bertz CT molecular complexity index is 792. The summed E-state index contributed by atoms with van der Waals surface area (Å²) in [6, 6.07) is 5.52. The highest BCUT2D eigenvalue weighted by atomic mass is 127. The summed E-state index contributed by atoms with van der Waals surface area (Å²) >= 11 is 12.3. The first kappa shape index (κ1) is 22.2. The van der Waals surface area contributed by atoms with Gasteiger partial charge < -0.3 is 15.2 Å². The molecule has 9 heteroatoms. The Balaban J connectivity index is 0.00000261. The molecule has 1 unspecified atom stereocenters. The second-order valence-corrected chi connectivity index (χ2v) is 7.21. The number of hydrogen-bond acceptors (Lipinski definition) is 3. The van der Waals surface area contributed by atoms with Crippen LogP contribution in [0.5, 0.6) is 0 Å². The van der Waals surface area contributed by atoms with E-state index in [4.69, 9.17) is 23.2 Å². The van der Waals surface area contributed by atoms with E-state index < -0.39 is 0 Å². The zero-order chi connectivity index (χ0) is 18.5. The number of nitrogens with zero attached hydrogens (tertiary/aromatic N) is 4. The molecule has 2 heterocycles. The molecule has 0 radical (unpaired) electrons. The molecule has 0 amide bonds. The molecule has 1 aromatic heterocycles. The van der Waals surface area contributed by atoms with Crippen molar-refractivity contribution in [3.63, 3.8) is 0 Å². The molecule has 148 valence electrons. The average Bonchev–Trinajstić information content (AvgIpc) is 3.03. The molecule has 0 saturated heterocycles. The standard InChI is InChI=1S/C18H24Cl2N6.HI/c1-3-21-18(23-12(2)14-8-7-13(19)10-15(14)20)22-11-17-25-24-16-6-4-5-9-26(16)17;/h7-8,10,12H,3-6,9,11H2,1-2H3,(H2,21,22,23);1H. The number of benzene rings is 1. The second kappa shape index (κ2) is 10.5. The highest BCUT2D eigenvalue weighted by molar-refractivity contribution is 14.0. The van der Waals surface area contributed by atoms with Gasteiger partial charge in [0.15, 0.2) is 11.8 Å². The van der Waals surface area contributed by atoms with Crippen molar-refractivity contribution in [3.8, 4) is 0 Å². The van der Waals surface area contributed by atoms with E-state index in [1.807, 2.05) is 26.0 Å². The molecule has 3 rings (SSSR count). The number of aromatic nitrogens is 3. The van der Waals surface area contributed by atoms with Crippen LogP contribution in [0.1, 0.15) is 49.9 Å². The first-order valence-electron chi connectivity index (χ1n) is 8.99. The predicted octanol–water partition coefficient (Wildman–Crippen LogP) is 4.36. The maximum Gasteiger partial charge on any atom is 0.192 e. The Morgan fingerprint density at radius 2 is 2.11 bits per heavy atom. The van der Waals surface area contributed by atoms with Gasteiger partial charge >= 0.3 is 0 Å². The molecular formula is C18H25Cl2IN6. The average molecular weight is 523 g/mol. The molecule has 6 nitrogen and oxygen atoms in total. The second-order valence-electron chi connectivity index (χ2n) is 6.37. The zero-order valence-corrected chi connectivity index (χ0v) is 19.3. The van der Waals surface area contributed by atoms with E-state index >= 15 is 0 Å². The third-order valence-corrected chi connectivity index (χ3v) is 5.00. The van der Waals surface area contributed by atoms with Crippen LogP contribution in [0.3, 0.4) is 0 Å². The van der Waals surface area contributed by atoms with E-state index in [9.17, 15) is 0 Å². The highest BCUT2D eigenvalue weighted by Crippen LogP contribution is 2.26. The Morgan fingerprint density at radius 1 is 1.30 bits per heavy atom. The van der Waals surface area contributed by atoms with Gasteiger partial charge in [0.05, 0.1) is 6.04 Å². The molecule has 27 heavy (non-hydrogen) atoms. The summed E-state index contributed by atoms with van der Waals surface area (Å²) in [6.45, 7) is 6.32. The van der Waals surface area contributed by atoms with E-state index in [0.29, 0.717) is 16.6 Å². The number of aryl methyl sites for hydroxylation is 1. The molecule has 1 aliphatic heterocycles. The lowest BCUT2D eigenvalue weighted by atomic mass is 10.1. The van der Waals surface area contributed by atoms with Crippen LogP contribution in [0.4, 0.5) is 0 Å². The Hall–Kier alpha value is -1.06. The minimum atomic E-state index is -0.00937. The molecule has 0 fully saturated rings. The van der Waals surface area contributed by atoms with Crippen LogP contribution >= 0.6 is 47.2 Å². The largest absolute Gasteiger partial charge is 0.357 e.